The molecule has 1 aliphatic heterocycles. The van der Waals surface area contributed by atoms with Crippen molar-refractivity contribution in [2.75, 3.05) is 18.4 Å². The Hall–Kier alpha value is -2.14. The molecule has 1 fully saturated rings. The number of nitrogens with zero attached hydrogens (tertiary/aromatic N) is 1. The molecule has 1 N–H and O–H groups in total. The molecule has 0 radical (unpaired) electrons. The van der Waals surface area contributed by atoms with Gasteiger partial charge in [0.05, 0.1) is 5.56 Å². The number of rotatable bonds is 3. The number of carbonyl (C=O) groups excluding carboxylic acids is 2. The van der Waals surface area contributed by atoms with Gasteiger partial charge in [0.15, 0.2) is 0 Å². The molecule has 2 aliphatic rings. The average molecular weight is 383 g/mol. The van der Waals surface area contributed by atoms with Gasteiger partial charge in [-0.05, 0) is 56.7 Å². The Morgan fingerprint density at radius 2 is 1.67 bits per heavy atom. The van der Waals surface area contributed by atoms with Gasteiger partial charge in [-0.15, -0.1) is 11.3 Å². The van der Waals surface area contributed by atoms with E-state index in [0.29, 0.717) is 5.56 Å². The fourth-order valence-electron chi connectivity index (χ4n) is 4.03. The summed E-state index contributed by atoms with van der Waals surface area (Å²) in [6.07, 6.45) is 7.60. The first-order chi connectivity index (χ1) is 13.1. The van der Waals surface area contributed by atoms with Crippen LogP contribution in [-0.4, -0.2) is 29.8 Å². The third kappa shape index (κ3) is 3.79. The summed E-state index contributed by atoms with van der Waals surface area (Å²) in [7, 11) is 0. The first-order valence-corrected chi connectivity index (χ1v) is 10.8. The van der Waals surface area contributed by atoms with Crippen LogP contribution in [0.1, 0.15) is 68.8 Å². The molecule has 0 spiro atoms. The molecule has 0 unspecified atom stereocenters. The lowest BCUT2D eigenvalue weighted by Crippen LogP contribution is -2.32. The van der Waals surface area contributed by atoms with Crippen molar-refractivity contribution in [3.05, 3.63) is 51.4 Å². The maximum atomic E-state index is 13.3. The third-order valence-corrected chi connectivity index (χ3v) is 6.78. The number of hydrogen-bond donors (Lipinski definition) is 1. The number of amides is 2. The SMILES string of the molecule is Cc1ccc(C(=O)Nc2sc3c(c2C(=O)N2CCCCCC2)CCC3)cc1. The molecule has 4 nitrogen and oxygen atoms in total. The summed E-state index contributed by atoms with van der Waals surface area (Å²) >= 11 is 1.59. The summed E-state index contributed by atoms with van der Waals surface area (Å²) in [6.45, 7) is 3.66. The average Bonchev–Trinajstić information content (AvgIpc) is 3.11. The molecule has 1 aliphatic carbocycles. The van der Waals surface area contributed by atoms with E-state index in [1.165, 1.54) is 23.3 Å². The van der Waals surface area contributed by atoms with Gasteiger partial charge in [-0.25, -0.2) is 0 Å². The smallest absolute Gasteiger partial charge is 0.257 e. The number of fused-ring (bicyclic) bond motifs is 1. The highest BCUT2D eigenvalue weighted by Gasteiger charge is 2.30. The van der Waals surface area contributed by atoms with Crippen LogP contribution in [0.3, 0.4) is 0 Å². The Kier molecular flexibility index (Phi) is 5.30. The quantitative estimate of drug-likeness (QED) is 0.828. The van der Waals surface area contributed by atoms with Crippen LogP contribution in [0, 0.1) is 6.92 Å². The predicted octanol–water partition coefficient (Wildman–Crippen LogP) is 4.81. The van der Waals surface area contributed by atoms with Gasteiger partial charge in [0.25, 0.3) is 11.8 Å². The second-order valence-corrected chi connectivity index (χ2v) is 8.69. The van der Waals surface area contributed by atoms with E-state index < -0.39 is 0 Å². The Bertz CT molecular complexity index is 846. The van der Waals surface area contributed by atoms with Crippen LogP contribution in [0.4, 0.5) is 5.00 Å². The Morgan fingerprint density at radius 1 is 0.963 bits per heavy atom. The Balaban J connectivity index is 1.62. The van der Waals surface area contributed by atoms with Gasteiger partial charge in [0.2, 0.25) is 0 Å². The Morgan fingerprint density at radius 3 is 2.37 bits per heavy atom. The van der Waals surface area contributed by atoms with Crippen molar-refractivity contribution in [3.63, 3.8) is 0 Å². The molecule has 0 saturated carbocycles. The molecular formula is C22H26N2O2S. The lowest BCUT2D eigenvalue weighted by molar-refractivity contribution is 0.0762. The van der Waals surface area contributed by atoms with E-state index in [9.17, 15) is 9.59 Å². The van der Waals surface area contributed by atoms with Gasteiger partial charge >= 0.3 is 0 Å². The van der Waals surface area contributed by atoms with Crippen molar-refractivity contribution in [2.24, 2.45) is 0 Å². The minimum absolute atomic E-state index is 0.107. The molecule has 4 rings (SSSR count). The predicted molar refractivity (Wildman–Crippen MR) is 110 cm³/mol. The highest BCUT2D eigenvalue weighted by atomic mass is 32.1. The molecule has 0 bridgehead atoms. The lowest BCUT2D eigenvalue weighted by Gasteiger charge is -2.21. The summed E-state index contributed by atoms with van der Waals surface area (Å²) in [6, 6.07) is 7.55. The van der Waals surface area contributed by atoms with Crippen LogP contribution in [-0.2, 0) is 12.8 Å². The summed E-state index contributed by atoms with van der Waals surface area (Å²) in [4.78, 5) is 29.3. The van der Waals surface area contributed by atoms with Gasteiger partial charge in [0.1, 0.15) is 5.00 Å². The molecule has 0 atom stereocenters. The summed E-state index contributed by atoms with van der Waals surface area (Å²) < 4.78 is 0. The standard InChI is InChI=1S/C22H26N2O2S/c1-15-9-11-16(12-10-15)20(25)23-21-19(17-7-6-8-18(17)27-21)22(26)24-13-4-2-3-5-14-24/h9-12H,2-8,13-14H2,1H3,(H,23,25). The molecule has 5 heteroatoms. The molecular weight excluding hydrogens is 356 g/mol. The van der Waals surface area contributed by atoms with E-state index in [-0.39, 0.29) is 11.8 Å². The van der Waals surface area contributed by atoms with Crippen LogP contribution in [0.15, 0.2) is 24.3 Å². The maximum absolute atomic E-state index is 13.3. The van der Waals surface area contributed by atoms with E-state index in [0.717, 1.165) is 61.3 Å². The van der Waals surface area contributed by atoms with Crippen LogP contribution in [0.5, 0.6) is 0 Å². The van der Waals surface area contributed by atoms with Crippen LogP contribution >= 0.6 is 11.3 Å². The van der Waals surface area contributed by atoms with Crippen molar-refractivity contribution in [3.8, 4) is 0 Å². The highest BCUT2D eigenvalue weighted by molar-refractivity contribution is 7.17. The number of likely N-dealkylation sites (tertiary alicyclic amines) is 1. The number of nitrogens with one attached hydrogen (secondary N) is 1. The number of thiophene rings is 1. The third-order valence-electron chi connectivity index (χ3n) is 5.57. The van der Waals surface area contributed by atoms with Crippen molar-refractivity contribution >= 4 is 28.2 Å². The van der Waals surface area contributed by atoms with Crippen molar-refractivity contribution in [2.45, 2.75) is 51.9 Å². The van der Waals surface area contributed by atoms with Crippen LogP contribution in [0.25, 0.3) is 0 Å². The van der Waals surface area contributed by atoms with Crippen molar-refractivity contribution in [1.29, 1.82) is 0 Å². The molecule has 1 aromatic heterocycles. The number of hydrogen-bond acceptors (Lipinski definition) is 3. The molecule has 27 heavy (non-hydrogen) atoms. The minimum atomic E-state index is -0.139. The lowest BCUT2D eigenvalue weighted by atomic mass is 10.1. The first kappa shape index (κ1) is 18.2. The Labute approximate surface area is 164 Å². The largest absolute Gasteiger partial charge is 0.339 e. The van der Waals surface area contributed by atoms with Gasteiger partial charge in [0, 0.05) is 23.5 Å². The monoisotopic (exact) mass is 382 g/mol. The topological polar surface area (TPSA) is 49.4 Å². The van der Waals surface area contributed by atoms with E-state index >= 15 is 0 Å². The van der Waals surface area contributed by atoms with Gasteiger partial charge in [-0.2, -0.15) is 0 Å². The van der Waals surface area contributed by atoms with Crippen LogP contribution in [0.2, 0.25) is 0 Å². The number of benzene rings is 1. The fraction of sp³-hybridized carbons (Fsp3) is 0.455. The zero-order chi connectivity index (χ0) is 18.8. The molecule has 2 amide bonds. The van der Waals surface area contributed by atoms with E-state index in [4.69, 9.17) is 0 Å². The minimum Gasteiger partial charge on any atom is -0.339 e. The molecule has 142 valence electrons. The maximum Gasteiger partial charge on any atom is 0.257 e. The fourth-order valence-corrected chi connectivity index (χ4v) is 5.31. The van der Waals surface area contributed by atoms with Crippen molar-refractivity contribution < 1.29 is 9.59 Å². The number of carbonyl (C=O) groups is 2. The van der Waals surface area contributed by atoms with Gasteiger partial charge in [-0.3, -0.25) is 9.59 Å². The van der Waals surface area contributed by atoms with Gasteiger partial charge in [-0.1, -0.05) is 30.5 Å². The molecule has 1 aromatic carbocycles. The molecule has 2 heterocycles. The summed E-state index contributed by atoms with van der Waals surface area (Å²) in [5, 5.41) is 3.78. The zero-order valence-corrected chi connectivity index (χ0v) is 16.7. The second-order valence-electron chi connectivity index (χ2n) is 7.59. The highest BCUT2D eigenvalue weighted by Crippen LogP contribution is 2.40. The van der Waals surface area contributed by atoms with E-state index in [1.807, 2.05) is 36.1 Å². The van der Waals surface area contributed by atoms with E-state index in [2.05, 4.69) is 5.32 Å². The summed E-state index contributed by atoms with van der Waals surface area (Å²) in [5.41, 5.74) is 3.68. The van der Waals surface area contributed by atoms with Gasteiger partial charge < -0.3 is 10.2 Å². The number of anilines is 1. The second kappa shape index (κ2) is 7.85. The zero-order valence-electron chi connectivity index (χ0n) is 15.8. The molecule has 1 saturated heterocycles. The first-order valence-electron chi connectivity index (χ1n) is 9.95. The van der Waals surface area contributed by atoms with E-state index in [1.54, 1.807) is 11.3 Å². The number of aryl methyl sites for hydroxylation is 2. The van der Waals surface area contributed by atoms with Crippen LogP contribution < -0.4 is 5.32 Å². The normalized spacial score (nSPS) is 16.7. The molecule has 2 aromatic rings. The van der Waals surface area contributed by atoms with Crippen molar-refractivity contribution in [1.82, 2.24) is 4.90 Å². The summed E-state index contributed by atoms with van der Waals surface area (Å²) in [5.74, 6) is -0.0321.